The molecule has 3 aromatic rings. The minimum absolute atomic E-state index is 0.134. The molecule has 0 aliphatic rings. The summed E-state index contributed by atoms with van der Waals surface area (Å²) >= 11 is 0. The molecule has 2 aromatic carbocycles. The molecule has 21 heavy (non-hydrogen) atoms. The van der Waals surface area contributed by atoms with Crippen LogP contribution in [-0.2, 0) is 0 Å². The van der Waals surface area contributed by atoms with Gasteiger partial charge in [0, 0.05) is 5.56 Å². The van der Waals surface area contributed by atoms with Crippen molar-refractivity contribution in [2.24, 2.45) is 0 Å². The van der Waals surface area contributed by atoms with E-state index in [0.717, 1.165) is 11.3 Å². The fourth-order valence-corrected chi connectivity index (χ4v) is 1.89. The second kappa shape index (κ2) is 5.16. The zero-order chi connectivity index (χ0) is 14.8. The molecule has 1 heterocycles. The van der Waals surface area contributed by atoms with Crippen LogP contribution in [0.2, 0.25) is 0 Å². The molecule has 6 heteroatoms. The van der Waals surface area contributed by atoms with Gasteiger partial charge >= 0.3 is 0 Å². The van der Waals surface area contributed by atoms with Crippen LogP contribution in [0.25, 0.3) is 22.8 Å². The summed E-state index contributed by atoms with van der Waals surface area (Å²) in [5.41, 5.74) is 1.03. The highest BCUT2D eigenvalue weighted by atomic mass is 16.5. The van der Waals surface area contributed by atoms with E-state index in [1.807, 2.05) is 0 Å². The van der Waals surface area contributed by atoms with Gasteiger partial charge in [-0.15, -0.1) is 0 Å². The maximum atomic E-state index is 9.80. The second-order valence-corrected chi connectivity index (χ2v) is 4.32. The number of rotatable bonds is 3. The summed E-state index contributed by atoms with van der Waals surface area (Å²) in [7, 11) is 1.59. The van der Waals surface area contributed by atoms with E-state index in [4.69, 9.17) is 9.26 Å². The SMILES string of the molecule is COc1ccc(-c2noc(-c3cccc(O)c3O)n2)cc1. The lowest BCUT2D eigenvalue weighted by molar-refractivity contribution is 0.397. The summed E-state index contributed by atoms with van der Waals surface area (Å²) in [6.45, 7) is 0. The molecule has 0 bridgehead atoms. The van der Waals surface area contributed by atoms with Crippen LogP contribution in [0.5, 0.6) is 17.2 Å². The smallest absolute Gasteiger partial charge is 0.262 e. The number of hydrogen-bond donors (Lipinski definition) is 2. The molecule has 0 amide bonds. The fourth-order valence-electron chi connectivity index (χ4n) is 1.89. The molecule has 6 nitrogen and oxygen atoms in total. The van der Waals surface area contributed by atoms with Crippen LogP contribution in [0.4, 0.5) is 0 Å². The standard InChI is InChI=1S/C15H12N2O4/c1-20-10-7-5-9(6-8-10)14-16-15(21-17-14)11-3-2-4-12(18)13(11)19/h2-8,18-19H,1H3. The number of nitrogens with zero attached hydrogens (tertiary/aromatic N) is 2. The zero-order valence-corrected chi connectivity index (χ0v) is 11.1. The van der Waals surface area contributed by atoms with Crippen LogP contribution >= 0.6 is 0 Å². The van der Waals surface area contributed by atoms with Crippen LogP contribution in [0.3, 0.4) is 0 Å². The third-order valence-electron chi connectivity index (χ3n) is 3.02. The second-order valence-electron chi connectivity index (χ2n) is 4.32. The summed E-state index contributed by atoms with van der Waals surface area (Å²) in [5.74, 6) is 0.719. The van der Waals surface area contributed by atoms with E-state index in [9.17, 15) is 10.2 Å². The van der Waals surface area contributed by atoms with Gasteiger partial charge in [-0.1, -0.05) is 11.2 Å². The van der Waals surface area contributed by atoms with Crippen LogP contribution in [0, 0.1) is 0 Å². The molecule has 0 unspecified atom stereocenters. The predicted molar refractivity (Wildman–Crippen MR) is 75.1 cm³/mol. The highest BCUT2D eigenvalue weighted by Gasteiger charge is 2.15. The van der Waals surface area contributed by atoms with Gasteiger partial charge in [-0.25, -0.2) is 0 Å². The van der Waals surface area contributed by atoms with Gasteiger partial charge in [-0.3, -0.25) is 0 Å². The number of phenols is 2. The summed E-state index contributed by atoms with van der Waals surface area (Å²) < 4.78 is 10.2. The Bertz CT molecular complexity index is 766. The molecular weight excluding hydrogens is 272 g/mol. The Labute approximate surface area is 120 Å². The van der Waals surface area contributed by atoms with E-state index < -0.39 is 0 Å². The maximum Gasteiger partial charge on any atom is 0.262 e. The summed E-state index contributed by atoms with van der Waals surface area (Å²) in [6, 6.07) is 11.7. The van der Waals surface area contributed by atoms with Gasteiger partial charge in [0.05, 0.1) is 12.7 Å². The molecular formula is C15H12N2O4. The van der Waals surface area contributed by atoms with Gasteiger partial charge in [0.25, 0.3) is 5.89 Å². The number of aromatic hydroxyl groups is 2. The molecule has 0 fully saturated rings. The molecule has 3 rings (SSSR count). The molecule has 0 saturated carbocycles. The molecule has 0 spiro atoms. The van der Waals surface area contributed by atoms with Crippen LogP contribution in [-0.4, -0.2) is 27.5 Å². The van der Waals surface area contributed by atoms with E-state index in [1.165, 1.54) is 6.07 Å². The number of para-hydroxylation sites is 1. The molecule has 0 radical (unpaired) electrons. The summed E-state index contributed by atoms with van der Waals surface area (Å²) in [5, 5.41) is 23.2. The van der Waals surface area contributed by atoms with Gasteiger partial charge < -0.3 is 19.5 Å². The van der Waals surface area contributed by atoms with Crippen molar-refractivity contribution in [3.63, 3.8) is 0 Å². The van der Waals surface area contributed by atoms with Crippen LogP contribution in [0.1, 0.15) is 0 Å². The average Bonchev–Trinajstić information content (AvgIpc) is 3.00. The van der Waals surface area contributed by atoms with Crippen LogP contribution in [0.15, 0.2) is 47.0 Å². The lowest BCUT2D eigenvalue weighted by Gasteiger charge is -2.00. The normalized spacial score (nSPS) is 10.5. The number of methoxy groups -OCH3 is 1. The molecule has 2 N–H and O–H groups in total. The van der Waals surface area contributed by atoms with E-state index in [1.54, 1.807) is 43.5 Å². The van der Waals surface area contributed by atoms with E-state index in [-0.39, 0.29) is 23.0 Å². The third-order valence-corrected chi connectivity index (χ3v) is 3.02. The van der Waals surface area contributed by atoms with Crippen molar-refractivity contribution in [2.45, 2.75) is 0 Å². The van der Waals surface area contributed by atoms with Gasteiger partial charge in [-0.05, 0) is 36.4 Å². The first-order valence-corrected chi connectivity index (χ1v) is 6.18. The molecule has 0 atom stereocenters. The van der Waals surface area contributed by atoms with E-state index in [2.05, 4.69) is 10.1 Å². The third kappa shape index (κ3) is 2.38. The first kappa shape index (κ1) is 13.0. The van der Waals surface area contributed by atoms with Crippen molar-refractivity contribution < 1.29 is 19.5 Å². The van der Waals surface area contributed by atoms with Crippen molar-refractivity contribution in [3.05, 3.63) is 42.5 Å². The highest BCUT2D eigenvalue weighted by molar-refractivity contribution is 5.68. The van der Waals surface area contributed by atoms with Crippen molar-refractivity contribution >= 4 is 0 Å². The Morgan fingerprint density at radius 2 is 1.81 bits per heavy atom. The lowest BCUT2D eigenvalue weighted by atomic mass is 10.2. The van der Waals surface area contributed by atoms with Gasteiger partial charge in [0.1, 0.15) is 5.75 Å². The summed E-state index contributed by atoms with van der Waals surface area (Å²) in [6.07, 6.45) is 0. The Balaban J connectivity index is 1.97. The minimum Gasteiger partial charge on any atom is -0.504 e. The molecule has 0 aliphatic heterocycles. The van der Waals surface area contributed by atoms with Crippen molar-refractivity contribution in [2.75, 3.05) is 7.11 Å². The number of ether oxygens (including phenoxy) is 1. The average molecular weight is 284 g/mol. The van der Waals surface area contributed by atoms with Crippen molar-refractivity contribution in [1.29, 1.82) is 0 Å². The zero-order valence-electron chi connectivity index (χ0n) is 11.1. The van der Waals surface area contributed by atoms with Crippen molar-refractivity contribution in [3.8, 4) is 40.1 Å². The minimum atomic E-state index is -0.289. The maximum absolute atomic E-state index is 9.80. The van der Waals surface area contributed by atoms with Gasteiger partial charge in [0.15, 0.2) is 11.5 Å². The Morgan fingerprint density at radius 1 is 1.05 bits per heavy atom. The van der Waals surface area contributed by atoms with Gasteiger partial charge in [0.2, 0.25) is 5.82 Å². The Morgan fingerprint density at radius 3 is 2.52 bits per heavy atom. The largest absolute Gasteiger partial charge is 0.504 e. The van der Waals surface area contributed by atoms with Crippen molar-refractivity contribution in [1.82, 2.24) is 10.1 Å². The topological polar surface area (TPSA) is 88.6 Å². The van der Waals surface area contributed by atoms with Gasteiger partial charge in [-0.2, -0.15) is 4.98 Å². The quantitative estimate of drug-likeness (QED) is 0.719. The number of phenolic OH excluding ortho intramolecular Hbond substituents is 2. The van der Waals surface area contributed by atoms with E-state index in [0.29, 0.717) is 5.82 Å². The highest BCUT2D eigenvalue weighted by Crippen LogP contribution is 2.35. The monoisotopic (exact) mass is 284 g/mol. The fraction of sp³-hybridized carbons (Fsp3) is 0.0667. The summed E-state index contributed by atoms with van der Waals surface area (Å²) in [4.78, 5) is 4.22. The first-order valence-electron chi connectivity index (χ1n) is 6.18. The Hall–Kier alpha value is -3.02. The molecule has 0 aliphatic carbocycles. The molecule has 106 valence electrons. The first-order chi connectivity index (χ1) is 10.2. The number of aromatic nitrogens is 2. The Kier molecular flexibility index (Phi) is 3.19. The van der Waals surface area contributed by atoms with Crippen LogP contribution < -0.4 is 4.74 Å². The van der Waals surface area contributed by atoms with E-state index >= 15 is 0 Å². The number of hydrogen-bond acceptors (Lipinski definition) is 6. The molecule has 0 saturated heterocycles. The lowest BCUT2D eigenvalue weighted by Crippen LogP contribution is -1.84. The predicted octanol–water partition coefficient (Wildman–Crippen LogP) is 2.82. The molecule has 1 aromatic heterocycles. The number of benzene rings is 2.